The van der Waals surface area contributed by atoms with E-state index in [4.69, 9.17) is 16.9 Å². The van der Waals surface area contributed by atoms with E-state index < -0.39 is 0 Å². The summed E-state index contributed by atoms with van der Waals surface area (Å²) in [5, 5.41) is 0. The Bertz CT molecular complexity index is 199. The smallest absolute Gasteiger partial charge is 0.0838 e. The first-order chi connectivity index (χ1) is 6.75. The number of ether oxygens (including phenoxy) is 1. The van der Waals surface area contributed by atoms with Crippen molar-refractivity contribution < 1.29 is 4.74 Å². The van der Waals surface area contributed by atoms with E-state index in [0.29, 0.717) is 6.42 Å². The first kappa shape index (κ1) is 11.6. The number of methoxy groups -OCH3 is 1. The van der Waals surface area contributed by atoms with Crippen LogP contribution in [0.3, 0.4) is 0 Å². The molecule has 0 aromatic carbocycles. The van der Waals surface area contributed by atoms with Crippen LogP contribution in [0.1, 0.15) is 44.9 Å². The fraction of sp³-hybridized carbons (Fsp3) is 0.833. The minimum Gasteiger partial charge on any atom is -0.377 e. The normalized spacial score (nSPS) is 23.5. The predicted octanol–water partition coefficient (Wildman–Crippen LogP) is 2.08. The van der Waals surface area contributed by atoms with Crippen molar-refractivity contribution in [2.75, 3.05) is 7.11 Å². The lowest BCUT2D eigenvalue weighted by atomic mass is 9.85. The van der Waals surface area contributed by atoms with Gasteiger partial charge in [0, 0.05) is 19.6 Å². The van der Waals surface area contributed by atoms with Gasteiger partial charge in [0.15, 0.2) is 0 Å². The maximum absolute atomic E-state index is 6.11. The molecule has 0 radical (unpaired) electrons. The summed E-state index contributed by atoms with van der Waals surface area (Å²) in [6.45, 7) is 0. The largest absolute Gasteiger partial charge is 0.377 e. The Kier molecular flexibility index (Phi) is 4.44. The van der Waals surface area contributed by atoms with Gasteiger partial charge in [0.2, 0.25) is 0 Å². The van der Waals surface area contributed by atoms with E-state index in [9.17, 15) is 0 Å². The third-order valence-corrected chi connectivity index (χ3v) is 3.37. The molecule has 0 saturated heterocycles. The van der Waals surface area contributed by atoms with Gasteiger partial charge in [-0.2, -0.15) is 0 Å². The van der Waals surface area contributed by atoms with Gasteiger partial charge < -0.3 is 10.5 Å². The molecule has 1 fully saturated rings. The maximum Gasteiger partial charge on any atom is 0.0838 e. The standard InChI is InChI=1S/C12H21NO/c1-3-8-11(13)12(14-2)9-6-4-5-7-10-12/h1,11H,4-10,13H2,2H3. The Morgan fingerprint density at radius 1 is 1.36 bits per heavy atom. The van der Waals surface area contributed by atoms with Gasteiger partial charge in [-0.3, -0.25) is 0 Å². The summed E-state index contributed by atoms with van der Waals surface area (Å²) in [6.07, 6.45) is 13.1. The van der Waals surface area contributed by atoms with Crippen molar-refractivity contribution in [3.63, 3.8) is 0 Å². The first-order valence-corrected chi connectivity index (χ1v) is 5.49. The van der Waals surface area contributed by atoms with Gasteiger partial charge in [0.05, 0.1) is 5.60 Å². The van der Waals surface area contributed by atoms with Crippen molar-refractivity contribution in [2.24, 2.45) is 5.73 Å². The molecule has 1 atom stereocenters. The lowest BCUT2D eigenvalue weighted by Gasteiger charge is -2.36. The molecule has 1 aliphatic carbocycles. The van der Waals surface area contributed by atoms with Gasteiger partial charge in [0.1, 0.15) is 0 Å². The van der Waals surface area contributed by atoms with Gasteiger partial charge in [-0.05, 0) is 12.8 Å². The van der Waals surface area contributed by atoms with E-state index in [-0.39, 0.29) is 11.6 Å². The molecule has 0 heterocycles. The highest BCUT2D eigenvalue weighted by Crippen LogP contribution is 2.33. The molecule has 1 aliphatic rings. The van der Waals surface area contributed by atoms with Gasteiger partial charge in [-0.1, -0.05) is 25.7 Å². The van der Waals surface area contributed by atoms with Gasteiger partial charge >= 0.3 is 0 Å². The van der Waals surface area contributed by atoms with Crippen LogP contribution in [0, 0.1) is 12.3 Å². The van der Waals surface area contributed by atoms with Crippen molar-refractivity contribution in [2.45, 2.75) is 56.6 Å². The summed E-state index contributed by atoms with van der Waals surface area (Å²) in [5.74, 6) is 2.64. The second-order valence-corrected chi connectivity index (χ2v) is 4.20. The Hall–Kier alpha value is -0.520. The third kappa shape index (κ3) is 2.50. The van der Waals surface area contributed by atoms with Crippen molar-refractivity contribution in [1.29, 1.82) is 0 Å². The van der Waals surface area contributed by atoms with Gasteiger partial charge in [0.25, 0.3) is 0 Å². The fourth-order valence-corrected chi connectivity index (χ4v) is 2.37. The summed E-state index contributed by atoms with van der Waals surface area (Å²) in [7, 11) is 1.77. The summed E-state index contributed by atoms with van der Waals surface area (Å²) in [6, 6.07) is -0.00407. The van der Waals surface area contributed by atoms with E-state index in [1.165, 1.54) is 25.7 Å². The Balaban J connectivity index is 2.67. The van der Waals surface area contributed by atoms with Crippen LogP contribution >= 0.6 is 0 Å². The summed E-state index contributed by atoms with van der Waals surface area (Å²) < 4.78 is 5.65. The zero-order chi connectivity index (χ0) is 10.4. The molecule has 0 amide bonds. The monoisotopic (exact) mass is 195 g/mol. The van der Waals surface area contributed by atoms with Crippen LogP contribution in [0.25, 0.3) is 0 Å². The molecule has 0 bridgehead atoms. The van der Waals surface area contributed by atoms with Crippen LogP contribution < -0.4 is 5.73 Å². The number of terminal acetylenes is 1. The number of hydrogen-bond donors (Lipinski definition) is 1. The van der Waals surface area contributed by atoms with Crippen LogP contribution in [-0.2, 0) is 4.74 Å². The van der Waals surface area contributed by atoms with Crippen LogP contribution in [0.4, 0.5) is 0 Å². The average Bonchev–Trinajstić information content (AvgIpc) is 2.44. The van der Waals surface area contributed by atoms with E-state index in [1.807, 2.05) is 0 Å². The molecule has 0 aromatic heterocycles. The molecule has 2 heteroatoms. The average molecular weight is 195 g/mol. The molecule has 0 aromatic rings. The van der Waals surface area contributed by atoms with E-state index >= 15 is 0 Å². The summed E-state index contributed by atoms with van der Waals surface area (Å²) in [5.41, 5.74) is 5.96. The maximum atomic E-state index is 6.11. The van der Waals surface area contributed by atoms with Crippen molar-refractivity contribution in [3.8, 4) is 12.3 Å². The van der Waals surface area contributed by atoms with Gasteiger partial charge in [-0.25, -0.2) is 0 Å². The van der Waals surface area contributed by atoms with Crippen molar-refractivity contribution in [3.05, 3.63) is 0 Å². The second kappa shape index (κ2) is 5.38. The van der Waals surface area contributed by atoms with Crippen molar-refractivity contribution >= 4 is 0 Å². The Morgan fingerprint density at radius 2 is 1.93 bits per heavy atom. The zero-order valence-electron chi connectivity index (χ0n) is 9.09. The lowest BCUT2D eigenvalue weighted by Crippen LogP contribution is -2.49. The molecule has 1 rings (SSSR count). The molecule has 0 spiro atoms. The molecule has 1 unspecified atom stereocenters. The molecule has 14 heavy (non-hydrogen) atoms. The third-order valence-electron chi connectivity index (χ3n) is 3.37. The lowest BCUT2D eigenvalue weighted by molar-refractivity contribution is -0.0419. The highest BCUT2D eigenvalue weighted by molar-refractivity contribution is 4.99. The number of hydrogen-bond acceptors (Lipinski definition) is 2. The Morgan fingerprint density at radius 3 is 2.36 bits per heavy atom. The topological polar surface area (TPSA) is 35.2 Å². The highest BCUT2D eigenvalue weighted by atomic mass is 16.5. The van der Waals surface area contributed by atoms with E-state index in [2.05, 4.69) is 5.92 Å². The molecule has 2 N–H and O–H groups in total. The highest BCUT2D eigenvalue weighted by Gasteiger charge is 2.36. The van der Waals surface area contributed by atoms with Crippen molar-refractivity contribution in [1.82, 2.24) is 0 Å². The summed E-state index contributed by atoms with van der Waals surface area (Å²) in [4.78, 5) is 0. The minimum absolute atomic E-state index is 0.00407. The molecular weight excluding hydrogens is 174 g/mol. The van der Waals surface area contributed by atoms with Crippen LogP contribution in [0.15, 0.2) is 0 Å². The molecule has 2 nitrogen and oxygen atoms in total. The number of nitrogens with two attached hydrogens (primary N) is 1. The predicted molar refractivity (Wildman–Crippen MR) is 58.9 cm³/mol. The quantitative estimate of drug-likeness (QED) is 0.553. The minimum atomic E-state index is -0.150. The first-order valence-electron chi connectivity index (χ1n) is 5.49. The molecular formula is C12H21NO. The second-order valence-electron chi connectivity index (χ2n) is 4.20. The van der Waals surface area contributed by atoms with Gasteiger partial charge in [-0.15, -0.1) is 12.3 Å². The Labute approximate surface area is 87.2 Å². The summed E-state index contributed by atoms with van der Waals surface area (Å²) >= 11 is 0. The zero-order valence-corrected chi connectivity index (χ0v) is 9.09. The molecule has 80 valence electrons. The SMILES string of the molecule is C#CCC(N)C1(OC)CCCCCC1. The molecule has 1 saturated carbocycles. The van der Waals surface area contributed by atoms with E-state index in [1.54, 1.807) is 7.11 Å². The number of rotatable bonds is 3. The van der Waals surface area contributed by atoms with Crippen LogP contribution in [-0.4, -0.2) is 18.8 Å². The molecule has 0 aliphatic heterocycles. The van der Waals surface area contributed by atoms with Crippen LogP contribution in [0.2, 0.25) is 0 Å². The van der Waals surface area contributed by atoms with Crippen LogP contribution in [0.5, 0.6) is 0 Å². The van der Waals surface area contributed by atoms with E-state index in [0.717, 1.165) is 12.8 Å². The fourth-order valence-electron chi connectivity index (χ4n) is 2.37.